The molecule has 0 aliphatic carbocycles. The molecule has 11 nitrogen and oxygen atoms in total. The highest BCUT2D eigenvalue weighted by molar-refractivity contribution is 7.47. The molecule has 3 unspecified atom stereocenters. The fraction of sp³-hybridized carbons (Fsp3) is 0.817. The molecule has 0 heterocycles. The van der Waals surface area contributed by atoms with Gasteiger partial charge in [0.25, 0.3) is 0 Å². The van der Waals surface area contributed by atoms with Gasteiger partial charge < -0.3 is 24.2 Å². The smallest absolute Gasteiger partial charge is 0.462 e. The van der Waals surface area contributed by atoms with Gasteiger partial charge in [0.05, 0.1) is 19.8 Å². The quantitative estimate of drug-likeness (QED) is 0.0197. The molecule has 0 aliphatic heterocycles. The van der Waals surface area contributed by atoms with Crippen LogP contribution in [0.3, 0.4) is 0 Å². The van der Waals surface area contributed by atoms with Crippen molar-refractivity contribution in [1.82, 2.24) is 0 Å². The van der Waals surface area contributed by atoms with Crippen LogP contribution in [-0.2, 0) is 42.2 Å². The van der Waals surface area contributed by atoms with Gasteiger partial charge in [0.15, 0.2) is 6.10 Å². The van der Waals surface area contributed by atoms with E-state index in [1.165, 1.54) is 122 Å². The highest BCUT2D eigenvalue weighted by Crippen LogP contribution is 2.43. The summed E-state index contributed by atoms with van der Waals surface area (Å²) in [5, 5.41) is 9.82. The summed E-state index contributed by atoms with van der Waals surface area (Å²) >= 11 is 0. The van der Waals surface area contributed by atoms with E-state index in [0.717, 1.165) is 96.3 Å². The number of ether oxygens (including phenoxy) is 3. The summed E-state index contributed by atoms with van der Waals surface area (Å²) in [6.45, 7) is 4.54. The van der Waals surface area contributed by atoms with Crippen LogP contribution in [0.2, 0.25) is 0 Å². The molecule has 0 saturated heterocycles. The molecular formula is C60H109O11P. The van der Waals surface area contributed by atoms with Crippen LogP contribution in [0, 0.1) is 0 Å². The van der Waals surface area contributed by atoms with Crippen LogP contribution in [0.4, 0.5) is 0 Å². The minimum absolute atomic E-state index is 0.158. The fourth-order valence-electron chi connectivity index (χ4n) is 8.25. The Kier molecular flexibility index (Phi) is 52.7. The second-order valence-corrected chi connectivity index (χ2v) is 21.2. The third-order valence-electron chi connectivity index (χ3n) is 12.7. The van der Waals surface area contributed by atoms with Crippen molar-refractivity contribution >= 4 is 25.7 Å². The van der Waals surface area contributed by atoms with E-state index in [-0.39, 0.29) is 25.9 Å². The summed E-state index contributed by atoms with van der Waals surface area (Å²) in [5.74, 6) is -1.47. The van der Waals surface area contributed by atoms with Crippen molar-refractivity contribution in [2.75, 3.05) is 26.4 Å². The lowest BCUT2D eigenvalue weighted by Crippen LogP contribution is -2.30. The van der Waals surface area contributed by atoms with Crippen molar-refractivity contribution in [2.24, 2.45) is 0 Å². The van der Waals surface area contributed by atoms with E-state index in [1.807, 2.05) is 0 Å². The molecule has 0 spiro atoms. The normalized spacial score (nSPS) is 13.7. The van der Waals surface area contributed by atoms with Crippen LogP contribution < -0.4 is 0 Å². The molecule has 3 atom stereocenters. The van der Waals surface area contributed by atoms with Gasteiger partial charge in [-0.3, -0.25) is 23.4 Å². The van der Waals surface area contributed by atoms with Crippen LogP contribution >= 0.6 is 7.82 Å². The molecule has 0 fully saturated rings. The van der Waals surface area contributed by atoms with Gasteiger partial charge in [0.2, 0.25) is 0 Å². The SMILES string of the molecule is CC/C=C\C/C=C\C/C=C\CCCCCCCCCC(=O)OC(COC(=O)CCCCCCCCCCCCC)COP(=O)(O)OCC(CO)OC(=O)CCCCCCCCC/C=C\CCCCCCCC. The van der Waals surface area contributed by atoms with E-state index in [1.54, 1.807) is 0 Å². The minimum atomic E-state index is -4.75. The Hall–Kier alpha value is -2.56. The Morgan fingerprint density at radius 1 is 0.403 bits per heavy atom. The molecular weight excluding hydrogens is 928 g/mol. The number of phosphoric acid groups is 1. The summed E-state index contributed by atoms with van der Waals surface area (Å²) in [7, 11) is -4.75. The van der Waals surface area contributed by atoms with Gasteiger partial charge in [-0.1, -0.05) is 230 Å². The van der Waals surface area contributed by atoms with Gasteiger partial charge >= 0.3 is 25.7 Å². The number of allylic oxidation sites excluding steroid dienone is 8. The number of unbranched alkanes of at least 4 members (excludes halogenated alkanes) is 30. The molecule has 72 heavy (non-hydrogen) atoms. The fourth-order valence-corrected chi connectivity index (χ4v) is 9.03. The molecule has 420 valence electrons. The summed E-state index contributed by atoms with van der Waals surface area (Å²) < 4.78 is 39.5. The van der Waals surface area contributed by atoms with E-state index in [0.29, 0.717) is 19.3 Å². The van der Waals surface area contributed by atoms with Gasteiger partial charge in [-0.15, -0.1) is 0 Å². The average molecular weight is 1040 g/mol. The lowest BCUT2D eigenvalue weighted by Gasteiger charge is -2.21. The van der Waals surface area contributed by atoms with Crippen molar-refractivity contribution in [3.63, 3.8) is 0 Å². The Labute approximate surface area is 441 Å². The van der Waals surface area contributed by atoms with Crippen molar-refractivity contribution in [3.05, 3.63) is 48.6 Å². The van der Waals surface area contributed by atoms with Gasteiger partial charge in [0, 0.05) is 19.3 Å². The minimum Gasteiger partial charge on any atom is -0.462 e. The van der Waals surface area contributed by atoms with Crippen LogP contribution in [-0.4, -0.2) is 66.5 Å². The summed E-state index contributed by atoms with van der Waals surface area (Å²) in [6.07, 6.45) is 57.8. The molecule has 0 aromatic rings. The van der Waals surface area contributed by atoms with Crippen LogP contribution in [0.1, 0.15) is 278 Å². The van der Waals surface area contributed by atoms with Crippen molar-refractivity contribution in [1.29, 1.82) is 0 Å². The molecule has 2 N–H and O–H groups in total. The molecule has 0 aromatic carbocycles. The predicted molar refractivity (Wildman–Crippen MR) is 298 cm³/mol. The number of aliphatic hydroxyl groups excluding tert-OH is 1. The van der Waals surface area contributed by atoms with Gasteiger partial charge in [0.1, 0.15) is 12.7 Å². The highest BCUT2D eigenvalue weighted by atomic mass is 31.2. The van der Waals surface area contributed by atoms with E-state index >= 15 is 0 Å². The maximum absolute atomic E-state index is 12.9. The molecule has 0 bridgehead atoms. The number of phosphoric ester groups is 1. The first kappa shape index (κ1) is 69.4. The topological polar surface area (TPSA) is 155 Å². The zero-order valence-corrected chi connectivity index (χ0v) is 47.3. The Morgan fingerprint density at radius 3 is 1.12 bits per heavy atom. The molecule has 0 radical (unpaired) electrons. The zero-order chi connectivity index (χ0) is 52.7. The number of hydrogen-bond acceptors (Lipinski definition) is 10. The molecule has 0 amide bonds. The van der Waals surface area contributed by atoms with Crippen molar-refractivity contribution in [3.8, 4) is 0 Å². The number of carbonyl (C=O) groups excluding carboxylic acids is 3. The lowest BCUT2D eigenvalue weighted by atomic mass is 10.1. The van der Waals surface area contributed by atoms with E-state index in [9.17, 15) is 28.9 Å². The molecule has 12 heteroatoms. The van der Waals surface area contributed by atoms with Gasteiger partial charge in [-0.05, 0) is 77.0 Å². The summed E-state index contributed by atoms with van der Waals surface area (Å²) in [5.41, 5.74) is 0. The van der Waals surface area contributed by atoms with Crippen LogP contribution in [0.25, 0.3) is 0 Å². The second kappa shape index (κ2) is 54.7. The largest absolute Gasteiger partial charge is 0.472 e. The van der Waals surface area contributed by atoms with Crippen molar-refractivity contribution < 1.29 is 52.2 Å². The molecule has 0 aromatic heterocycles. The monoisotopic (exact) mass is 1040 g/mol. The van der Waals surface area contributed by atoms with Crippen LogP contribution in [0.5, 0.6) is 0 Å². The maximum Gasteiger partial charge on any atom is 0.472 e. The number of rotatable bonds is 55. The Morgan fingerprint density at radius 2 is 0.722 bits per heavy atom. The van der Waals surface area contributed by atoms with E-state index in [2.05, 4.69) is 69.4 Å². The maximum atomic E-state index is 12.9. The predicted octanol–water partition coefficient (Wildman–Crippen LogP) is 17.4. The van der Waals surface area contributed by atoms with Crippen LogP contribution in [0.15, 0.2) is 48.6 Å². The first-order valence-electron chi connectivity index (χ1n) is 29.5. The summed E-state index contributed by atoms with van der Waals surface area (Å²) in [4.78, 5) is 48.5. The third kappa shape index (κ3) is 52.3. The van der Waals surface area contributed by atoms with Gasteiger partial charge in [-0.25, -0.2) is 4.57 Å². The van der Waals surface area contributed by atoms with Gasteiger partial charge in [-0.2, -0.15) is 0 Å². The Balaban J connectivity index is 4.65. The number of hydrogen-bond donors (Lipinski definition) is 2. The van der Waals surface area contributed by atoms with E-state index < -0.39 is 57.8 Å². The second-order valence-electron chi connectivity index (χ2n) is 19.8. The first-order chi connectivity index (χ1) is 35.2. The first-order valence-corrected chi connectivity index (χ1v) is 31.0. The average Bonchev–Trinajstić information content (AvgIpc) is 3.37. The number of aliphatic hydroxyl groups is 1. The summed E-state index contributed by atoms with van der Waals surface area (Å²) in [6, 6.07) is 0. The Bertz CT molecular complexity index is 1400. The van der Waals surface area contributed by atoms with Crippen molar-refractivity contribution in [2.45, 2.75) is 290 Å². The molecule has 0 saturated carbocycles. The number of carbonyl (C=O) groups is 3. The standard InChI is InChI=1S/C60H109O11P/c1-4-7-10-13-16-19-22-24-26-28-30-32-35-38-41-44-47-50-59(63)70-56(52-61)54-68-72(65,66)69-55-57(53-67-58(62)49-46-43-40-37-34-21-18-15-12-9-6-3)71-60(64)51-48-45-42-39-36-33-31-29-27-25-23-20-17-14-11-8-5-2/h8,11,17,20,24-27,56-57,61H,4-7,9-10,12-16,18-19,21-23,28-55H2,1-3H3,(H,65,66)/b11-8-,20-17-,26-24-,27-25-. The highest BCUT2D eigenvalue weighted by Gasteiger charge is 2.28. The number of esters is 3. The third-order valence-corrected chi connectivity index (χ3v) is 13.7. The lowest BCUT2D eigenvalue weighted by molar-refractivity contribution is -0.161. The zero-order valence-electron chi connectivity index (χ0n) is 46.4. The molecule has 0 rings (SSSR count). The molecule has 0 aliphatic rings. The van der Waals surface area contributed by atoms with E-state index in [4.69, 9.17) is 23.3 Å².